The Bertz CT molecular complexity index is 158. The molecular weight excluding hydrogens is 171 g/mol. The van der Waals surface area contributed by atoms with Gasteiger partial charge in [0, 0.05) is 6.61 Å². The molecule has 1 heterocycles. The molecule has 0 aliphatic carbocycles. The average molecular weight is 182 g/mol. The number of hydrogen-bond acceptors (Lipinski definition) is 3. The van der Waals surface area contributed by atoms with Crippen molar-refractivity contribution < 1.29 is 23.6 Å². The number of phosphoric acid groups is 1. The van der Waals surface area contributed by atoms with Gasteiger partial charge >= 0.3 is 7.82 Å². The normalized spacial score (nSPS) is 26.9. The van der Waals surface area contributed by atoms with E-state index >= 15 is 0 Å². The molecule has 0 saturated carbocycles. The molecule has 0 spiro atoms. The summed E-state index contributed by atoms with van der Waals surface area (Å²) < 4.78 is 19.6. The summed E-state index contributed by atoms with van der Waals surface area (Å²) in [6, 6.07) is 0. The fourth-order valence-electron chi connectivity index (χ4n) is 0.947. The molecule has 66 valence electrons. The van der Waals surface area contributed by atoms with Crippen molar-refractivity contribution in [2.45, 2.75) is 25.6 Å². The lowest BCUT2D eigenvalue weighted by Crippen LogP contribution is -2.20. The fourth-order valence-corrected chi connectivity index (χ4v) is 1.42. The highest BCUT2D eigenvalue weighted by Crippen LogP contribution is 2.39. The van der Waals surface area contributed by atoms with Crippen LogP contribution in [0.25, 0.3) is 0 Å². The Morgan fingerprint density at radius 2 is 2.18 bits per heavy atom. The zero-order valence-corrected chi connectivity index (χ0v) is 6.87. The minimum Gasteiger partial charge on any atom is -0.352 e. The predicted molar refractivity (Wildman–Crippen MR) is 36.7 cm³/mol. The molecule has 1 atom stereocenters. The second kappa shape index (κ2) is 3.65. The van der Waals surface area contributed by atoms with Crippen molar-refractivity contribution in [2.75, 3.05) is 6.61 Å². The average Bonchev–Trinajstić information content (AvgIpc) is 1.85. The lowest BCUT2D eigenvalue weighted by atomic mass is 10.2. The Morgan fingerprint density at radius 3 is 2.64 bits per heavy atom. The van der Waals surface area contributed by atoms with Crippen LogP contribution < -0.4 is 0 Å². The van der Waals surface area contributed by atoms with E-state index in [-0.39, 0.29) is 0 Å². The molecule has 1 aliphatic rings. The summed E-state index contributed by atoms with van der Waals surface area (Å²) in [6.45, 7) is 0.519. The first-order valence-corrected chi connectivity index (χ1v) is 4.96. The van der Waals surface area contributed by atoms with Crippen molar-refractivity contribution in [1.82, 2.24) is 0 Å². The van der Waals surface area contributed by atoms with E-state index in [1.165, 1.54) is 0 Å². The molecule has 0 radical (unpaired) electrons. The van der Waals surface area contributed by atoms with Crippen molar-refractivity contribution >= 4 is 7.82 Å². The van der Waals surface area contributed by atoms with E-state index in [1.54, 1.807) is 0 Å². The van der Waals surface area contributed by atoms with Gasteiger partial charge in [-0.05, 0) is 19.3 Å². The van der Waals surface area contributed by atoms with E-state index in [9.17, 15) is 4.57 Å². The van der Waals surface area contributed by atoms with Gasteiger partial charge in [-0.25, -0.2) is 4.57 Å². The minimum atomic E-state index is -4.36. The summed E-state index contributed by atoms with van der Waals surface area (Å²) in [7, 11) is -4.36. The van der Waals surface area contributed by atoms with Gasteiger partial charge in [-0.3, -0.25) is 4.52 Å². The number of phosphoric ester groups is 1. The van der Waals surface area contributed by atoms with E-state index in [1.807, 2.05) is 0 Å². The SMILES string of the molecule is O=P(O)(O)OC1CCCCO1. The van der Waals surface area contributed by atoms with Crippen LogP contribution in [0.5, 0.6) is 0 Å². The maximum Gasteiger partial charge on any atom is 0.471 e. The summed E-state index contributed by atoms with van der Waals surface area (Å²) in [5.41, 5.74) is 0. The van der Waals surface area contributed by atoms with Gasteiger partial charge in [-0.2, -0.15) is 0 Å². The van der Waals surface area contributed by atoms with Gasteiger partial charge < -0.3 is 14.5 Å². The fraction of sp³-hybridized carbons (Fsp3) is 1.00. The number of ether oxygens (including phenoxy) is 1. The Kier molecular flexibility index (Phi) is 3.04. The van der Waals surface area contributed by atoms with E-state index in [0.717, 1.165) is 12.8 Å². The van der Waals surface area contributed by atoms with Crippen LogP contribution in [-0.4, -0.2) is 22.7 Å². The van der Waals surface area contributed by atoms with Gasteiger partial charge in [0.05, 0.1) is 0 Å². The highest BCUT2D eigenvalue weighted by atomic mass is 31.2. The van der Waals surface area contributed by atoms with E-state index in [0.29, 0.717) is 13.0 Å². The highest BCUT2D eigenvalue weighted by molar-refractivity contribution is 7.46. The molecule has 1 fully saturated rings. The van der Waals surface area contributed by atoms with Crippen molar-refractivity contribution in [2.24, 2.45) is 0 Å². The standard InChI is InChI=1S/C5H11O5P/c6-11(7,8)10-5-3-1-2-4-9-5/h5H,1-4H2,(H2,6,7,8). The lowest BCUT2D eigenvalue weighted by Gasteiger charge is -2.22. The van der Waals surface area contributed by atoms with E-state index in [4.69, 9.17) is 14.5 Å². The quantitative estimate of drug-likeness (QED) is 0.612. The second-order valence-electron chi connectivity index (χ2n) is 2.39. The maximum atomic E-state index is 10.3. The molecule has 0 aromatic rings. The third-order valence-electron chi connectivity index (χ3n) is 1.39. The Hall–Kier alpha value is 0.0700. The first kappa shape index (κ1) is 9.16. The largest absolute Gasteiger partial charge is 0.471 e. The molecule has 1 aliphatic heterocycles. The van der Waals surface area contributed by atoms with Crippen LogP contribution in [0.1, 0.15) is 19.3 Å². The van der Waals surface area contributed by atoms with Gasteiger partial charge in [0.25, 0.3) is 0 Å². The third kappa shape index (κ3) is 3.84. The van der Waals surface area contributed by atoms with Crippen molar-refractivity contribution in [1.29, 1.82) is 0 Å². The highest BCUT2D eigenvalue weighted by Gasteiger charge is 2.24. The third-order valence-corrected chi connectivity index (χ3v) is 1.90. The summed E-state index contributed by atoms with van der Waals surface area (Å²) in [5, 5.41) is 0. The van der Waals surface area contributed by atoms with Crippen LogP contribution >= 0.6 is 7.82 Å². The van der Waals surface area contributed by atoms with Gasteiger partial charge in [0.1, 0.15) is 0 Å². The molecule has 0 aromatic heterocycles. The first-order chi connectivity index (χ1) is 5.08. The number of hydrogen-bond donors (Lipinski definition) is 2. The lowest BCUT2D eigenvalue weighted by molar-refractivity contribution is -0.116. The van der Waals surface area contributed by atoms with Gasteiger partial charge in [-0.15, -0.1) is 0 Å². The smallest absolute Gasteiger partial charge is 0.352 e. The number of rotatable bonds is 2. The molecule has 6 heteroatoms. The molecule has 0 amide bonds. The monoisotopic (exact) mass is 182 g/mol. The van der Waals surface area contributed by atoms with E-state index < -0.39 is 14.1 Å². The van der Waals surface area contributed by atoms with Crippen molar-refractivity contribution in [3.05, 3.63) is 0 Å². The Labute approximate surface area is 64.6 Å². The van der Waals surface area contributed by atoms with Gasteiger partial charge in [0.2, 0.25) is 0 Å². The van der Waals surface area contributed by atoms with Crippen LogP contribution in [0.3, 0.4) is 0 Å². The molecule has 0 bridgehead atoms. The molecule has 5 nitrogen and oxygen atoms in total. The Balaban J connectivity index is 2.30. The predicted octanol–water partition coefficient (Wildman–Crippen LogP) is 0.622. The molecule has 2 N–H and O–H groups in total. The van der Waals surface area contributed by atoms with Crippen LogP contribution in [-0.2, 0) is 13.8 Å². The molecule has 1 unspecified atom stereocenters. The topological polar surface area (TPSA) is 76.0 Å². The van der Waals surface area contributed by atoms with Crippen molar-refractivity contribution in [3.63, 3.8) is 0 Å². The minimum absolute atomic E-state index is 0.519. The maximum absolute atomic E-state index is 10.3. The summed E-state index contributed by atoms with van der Waals surface area (Å²) in [5.74, 6) is 0. The molecule has 11 heavy (non-hydrogen) atoms. The molecule has 0 aromatic carbocycles. The van der Waals surface area contributed by atoms with Crippen LogP contribution in [0, 0.1) is 0 Å². The molecule has 1 rings (SSSR count). The van der Waals surface area contributed by atoms with Crippen LogP contribution in [0.15, 0.2) is 0 Å². The summed E-state index contributed by atoms with van der Waals surface area (Å²) in [4.78, 5) is 16.8. The Morgan fingerprint density at radius 1 is 1.45 bits per heavy atom. The second-order valence-corrected chi connectivity index (χ2v) is 3.58. The zero-order chi connectivity index (χ0) is 8.32. The van der Waals surface area contributed by atoms with Gasteiger partial charge in [0.15, 0.2) is 6.29 Å². The zero-order valence-electron chi connectivity index (χ0n) is 5.97. The molecule has 1 saturated heterocycles. The van der Waals surface area contributed by atoms with Crippen molar-refractivity contribution in [3.8, 4) is 0 Å². The molecular formula is C5H11O5P. The van der Waals surface area contributed by atoms with Crippen LogP contribution in [0.4, 0.5) is 0 Å². The summed E-state index contributed by atoms with van der Waals surface area (Å²) >= 11 is 0. The van der Waals surface area contributed by atoms with Gasteiger partial charge in [-0.1, -0.05) is 0 Å². The van der Waals surface area contributed by atoms with Crippen LogP contribution in [0.2, 0.25) is 0 Å². The van der Waals surface area contributed by atoms with E-state index in [2.05, 4.69) is 4.52 Å². The summed E-state index contributed by atoms with van der Waals surface area (Å²) in [6.07, 6.45) is 1.67. The first-order valence-electron chi connectivity index (χ1n) is 3.43.